The van der Waals surface area contributed by atoms with Crippen LogP contribution >= 0.6 is 0 Å². The molecule has 0 unspecified atom stereocenters. The van der Waals surface area contributed by atoms with Crippen LogP contribution in [0.5, 0.6) is 0 Å². The number of pyridine rings is 1. The molecule has 0 bridgehead atoms. The molecule has 0 amide bonds. The molecule has 1 aliphatic heterocycles. The van der Waals surface area contributed by atoms with Gasteiger partial charge in [-0.1, -0.05) is 121 Å². The molecule has 5 nitrogen and oxygen atoms in total. The summed E-state index contributed by atoms with van der Waals surface area (Å²) in [6, 6.07) is 46.0. The predicted octanol–water partition coefficient (Wildman–Crippen LogP) is 9.78. The van der Waals surface area contributed by atoms with E-state index in [1.54, 1.807) is 0 Å². The molecule has 236 valence electrons. The van der Waals surface area contributed by atoms with Crippen molar-refractivity contribution in [1.29, 1.82) is 0 Å². The van der Waals surface area contributed by atoms with E-state index in [4.69, 9.17) is 24.3 Å². The molecule has 0 aliphatic carbocycles. The van der Waals surface area contributed by atoms with E-state index in [-0.39, 0.29) is 0 Å². The number of aromatic nitrogens is 3. The van der Waals surface area contributed by atoms with E-state index >= 15 is 0 Å². The maximum absolute atomic E-state index is 6.79. The van der Waals surface area contributed by atoms with E-state index in [1.165, 1.54) is 0 Å². The lowest BCUT2D eigenvalue weighted by atomic mass is 9.74. The van der Waals surface area contributed by atoms with Crippen molar-refractivity contribution in [2.24, 2.45) is 0 Å². The largest absolute Gasteiger partial charge is 0.495 e. The van der Waals surface area contributed by atoms with E-state index < -0.39 is 18.3 Å². The van der Waals surface area contributed by atoms with Crippen molar-refractivity contribution >= 4 is 56.1 Å². The third-order valence-electron chi connectivity index (χ3n) is 10.3. The Morgan fingerprint density at radius 2 is 1.04 bits per heavy atom. The van der Waals surface area contributed by atoms with Crippen LogP contribution < -0.4 is 5.46 Å². The minimum Gasteiger partial charge on any atom is -0.399 e. The van der Waals surface area contributed by atoms with Gasteiger partial charge in [0.2, 0.25) is 0 Å². The Labute approximate surface area is 285 Å². The molecule has 3 heterocycles. The summed E-state index contributed by atoms with van der Waals surface area (Å²) in [5.74, 6) is 0. The van der Waals surface area contributed by atoms with Crippen LogP contribution in [-0.2, 0) is 9.31 Å². The fourth-order valence-electron chi connectivity index (χ4n) is 7.07. The van der Waals surface area contributed by atoms with Gasteiger partial charge in [-0.3, -0.25) is 0 Å². The Hall–Kier alpha value is -5.43. The second-order valence-corrected chi connectivity index (χ2v) is 13.8. The molecule has 1 aliphatic rings. The quantitative estimate of drug-likeness (QED) is 0.142. The van der Waals surface area contributed by atoms with Crippen LogP contribution in [0.4, 0.5) is 0 Å². The van der Waals surface area contributed by atoms with Gasteiger partial charge in [0, 0.05) is 27.5 Å². The Bertz CT molecular complexity index is 2550. The molecule has 0 radical (unpaired) electrons. The van der Waals surface area contributed by atoms with Gasteiger partial charge in [-0.25, -0.2) is 15.0 Å². The highest BCUT2D eigenvalue weighted by molar-refractivity contribution is 6.66. The van der Waals surface area contributed by atoms with Gasteiger partial charge >= 0.3 is 7.12 Å². The standard InChI is InChI=1S/C43H34BN3O2/c1-42(2)43(3,4)49-44(48-42)33-26-35-41(47-39(29-19-9-6-10-20-29)38(46-35)28-17-7-5-8-18-28)37-36(33)32-23-13-14-25-34(32)45-40(37)31-24-15-21-27-16-11-12-22-30(27)31/h5-26H,1-4H3. The lowest BCUT2D eigenvalue weighted by Crippen LogP contribution is -2.41. The monoisotopic (exact) mass is 635 g/mol. The van der Waals surface area contributed by atoms with Gasteiger partial charge in [0.15, 0.2) is 0 Å². The van der Waals surface area contributed by atoms with Gasteiger partial charge < -0.3 is 9.31 Å². The molecule has 0 N–H and O–H groups in total. The van der Waals surface area contributed by atoms with Crippen molar-refractivity contribution in [3.8, 4) is 33.8 Å². The lowest BCUT2D eigenvalue weighted by Gasteiger charge is -2.32. The summed E-state index contributed by atoms with van der Waals surface area (Å²) < 4.78 is 13.6. The lowest BCUT2D eigenvalue weighted by molar-refractivity contribution is 0.00578. The summed E-state index contributed by atoms with van der Waals surface area (Å²) in [7, 11) is -0.626. The number of para-hydroxylation sites is 1. The fraction of sp³-hybridized carbons (Fsp3) is 0.140. The van der Waals surface area contributed by atoms with Gasteiger partial charge in [-0.15, -0.1) is 0 Å². The number of hydrogen-bond acceptors (Lipinski definition) is 5. The normalized spacial score (nSPS) is 15.5. The average Bonchev–Trinajstić information content (AvgIpc) is 3.36. The molecule has 2 aromatic heterocycles. The molecular weight excluding hydrogens is 601 g/mol. The van der Waals surface area contributed by atoms with Crippen LogP contribution in [0.3, 0.4) is 0 Å². The highest BCUT2D eigenvalue weighted by atomic mass is 16.7. The second kappa shape index (κ2) is 11.1. The first-order chi connectivity index (χ1) is 23.8. The van der Waals surface area contributed by atoms with Crippen molar-refractivity contribution in [1.82, 2.24) is 15.0 Å². The molecule has 49 heavy (non-hydrogen) atoms. The predicted molar refractivity (Wildman–Crippen MR) is 202 cm³/mol. The summed E-state index contributed by atoms with van der Waals surface area (Å²) in [6.45, 7) is 8.38. The Balaban J connectivity index is 1.49. The van der Waals surface area contributed by atoms with E-state index in [2.05, 4.69) is 119 Å². The van der Waals surface area contributed by atoms with Crippen molar-refractivity contribution in [2.45, 2.75) is 38.9 Å². The molecule has 8 aromatic rings. The third-order valence-corrected chi connectivity index (χ3v) is 10.3. The van der Waals surface area contributed by atoms with Gasteiger partial charge in [-0.2, -0.15) is 0 Å². The van der Waals surface area contributed by atoms with Gasteiger partial charge in [0.1, 0.15) is 0 Å². The van der Waals surface area contributed by atoms with Crippen LogP contribution in [0.2, 0.25) is 0 Å². The van der Waals surface area contributed by atoms with Crippen molar-refractivity contribution < 1.29 is 9.31 Å². The summed E-state index contributed by atoms with van der Waals surface area (Å²) in [5, 5.41) is 5.24. The fourth-order valence-corrected chi connectivity index (χ4v) is 7.07. The van der Waals surface area contributed by atoms with Crippen molar-refractivity contribution in [3.63, 3.8) is 0 Å². The van der Waals surface area contributed by atoms with Gasteiger partial charge in [0.05, 0.1) is 44.8 Å². The first-order valence-corrected chi connectivity index (χ1v) is 16.8. The zero-order valence-corrected chi connectivity index (χ0v) is 27.9. The van der Waals surface area contributed by atoms with Gasteiger partial charge in [0.25, 0.3) is 0 Å². The summed E-state index contributed by atoms with van der Waals surface area (Å²) in [6.07, 6.45) is 0. The third kappa shape index (κ3) is 4.74. The molecule has 0 saturated carbocycles. The molecule has 0 atom stereocenters. The van der Waals surface area contributed by atoms with Crippen molar-refractivity contribution in [2.75, 3.05) is 0 Å². The van der Waals surface area contributed by atoms with Crippen LogP contribution in [0.15, 0.2) is 133 Å². The van der Waals surface area contributed by atoms with Crippen molar-refractivity contribution in [3.05, 3.63) is 133 Å². The Morgan fingerprint density at radius 3 is 1.73 bits per heavy atom. The summed E-state index contributed by atoms with van der Waals surface area (Å²) in [4.78, 5) is 16.4. The molecule has 6 aromatic carbocycles. The molecular formula is C43H34BN3O2. The minimum atomic E-state index is -0.626. The SMILES string of the molecule is CC1(C)OB(c2cc3nc(-c4ccccc4)c(-c4ccccc4)nc3c3c(-c4cccc5ccccc45)nc4ccccc4c23)OC1(C)C. The average molecular weight is 636 g/mol. The first kappa shape index (κ1) is 29.7. The second-order valence-electron chi connectivity index (χ2n) is 13.8. The molecule has 6 heteroatoms. The minimum absolute atomic E-state index is 0.529. The Morgan fingerprint density at radius 1 is 0.490 bits per heavy atom. The molecule has 1 fully saturated rings. The maximum Gasteiger partial charge on any atom is 0.495 e. The molecule has 9 rings (SSSR count). The van der Waals surface area contributed by atoms with Crippen LogP contribution in [-0.4, -0.2) is 33.3 Å². The van der Waals surface area contributed by atoms with Crippen LogP contribution in [0.25, 0.3) is 77.3 Å². The van der Waals surface area contributed by atoms with E-state index in [1.807, 2.05) is 42.5 Å². The van der Waals surface area contributed by atoms with Crippen LogP contribution in [0.1, 0.15) is 27.7 Å². The maximum atomic E-state index is 6.79. The number of rotatable bonds is 4. The van der Waals surface area contributed by atoms with E-state index in [0.29, 0.717) is 0 Å². The highest BCUT2D eigenvalue weighted by Crippen LogP contribution is 2.42. The highest BCUT2D eigenvalue weighted by Gasteiger charge is 2.52. The van der Waals surface area contributed by atoms with Gasteiger partial charge in [-0.05, 0) is 61.4 Å². The zero-order chi connectivity index (χ0) is 33.3. The smallest absolute Gasteiger partial charge is 0.399 e. The van der Waals surface area contributed by atoms with E-state index in [0.717, 1.165) is 82.7 Å². The number of fused-ring (bicyclic) bond motifs is 6. The summed E-state index contributed by atoms with van der Waals surface area (Å²) >= 11 is 0. The van der Waals surface area contributed by atoms with E-state index in [9.17, 15) is 0 Å². The summed E-state index contributed by atoms with van der Waals surface area (Å²) in [5.41, 5.74) is 7.83. The zero-order valence-electron chi connectivity index (χ0n) is 27.9. The molecule has 0 spiro atoms. The first-order valence-electron chi connectivity index (χ1n) is 16.8. The Kier molecular flexibility index (Phi) is 6.70. The molecule has 1 saturated heterocycles. The number of benzene rings is 6. The number of nitrogens with zero attached hydrogens (tertiary/aromatic N) is 3. The topological polar surface area (TPSA) is 57.1 Å². The number of hydrogen-bond donors (Lipinski definition) is 0. The van der Waals surface area contributed by atoms with Crippen LogP contribution in [0, 0.1) is 0 Å².